The zero-order valence-corrected chi connectivity index (χ0v) is 13.1. The number of aliphatic hydroxyl groups is 3. The molecule has 6 heteroatoms. The van der Waals surface area contributed by atoms with Crippen LogP contribution in [0.1, 0.15) is 38.5 Å². The van der Waals surface area contributed by atoms with Gasteiger partial charge in [0, 0.05) is 6.54 Å². The van der Waals surface area contributed by atoms with Crippen LogP contribution in [0.25, 0.3) is 0 Å². The molecule has 6 N–H and O–H groups in total. The van der Waals surface area contributed by atoms with Crippen LogP contribution in [0.2, 0.25) is 0 Å². The van der Waals surface area contributed by atoms with Gasteiger partial charge < -0.3 is 31.3 Å². The maximum atomic E-state index is 9.05. The van der Waals surface area contributed by atoms with E-state index in [0.29, 0.717) is 0 Å². The molecule has 0 radical (unpaired) electrons. The van der Waals surface area contributed by atoms with Crippen molar-refractivity contribution in [3.05, 3.63) is 0 Å². The van der Waals surface area contributed by atoms with Gasteiger partial charge in [0.15, 0.2) is 0 Å². The fraction of sp³-hybridized carbons (Fsp3) is 1.00. The fourth-order valence-corrected chi connectivity index (χ4v) is 2.45. The summed E-state index contributed by atoms with van der Waals surface area (Å²) < 4.78 is 0. The zero-order valence-electron chi connectivity index (χ0n) is 13.1. The van der Waals surface area contributed by atoms with E-state index < -0.39 is 0 Å². The lowest BCUT2D eigenvalue weighted by Gasteiger charge is -2.16. The van der Waals surface area contributed by atoms with E-state index in [1.54, 1.807) is 0 Å². The molecule has 0 amide bonds. The Morgan fingerprint density at radius 2 is 1.00 bits per heavy atom. The third kappa shape index (κ3) is 11.0. The molecule has 3 rings (SSSR count). The molecule has 0 saturated carbocycles. The Bertz CT molecular complexity index is 224. The highest BCUT2D eigenvalue weighted by molar-refractivity contribution is 4.67. The summed E-state index contributed by atoms with van der Waals surface area (Å²) in [4.78, 5) is 0. The smallest absolute Gasteiger partial charge is 0.0676 e. The Kier molecular flexibility index (Phi) is 11.0. The van der Waals surface area contributed by atoms with Crippen molar-refractivity contribution in [2.45, 2.75) is 56.8 Å². The van der Waals surface area contributed by atoms with Crippen LogP contribution >= 0.6 is 0 Å². The van der Waals surface area contributed by atoms with Crippen molar-refractivity contribution in [3.63, 3.8) is 0 Å². The average Bonchev–Trinajstić information content (AvgIpc) is 2.83. The number of β-amino-alcohol motifs (C(OH)–C–C–N with tert-alkyl or cyclic N) is 1. The van der Waals surface area contributed by atoms with Crippen LogP contribution in [-0.4, -0.2) is 72.9 Å². The minimum absolute atomic E-state index is 0.0266. The quantitative estimate of drug-likeness (QED) is 0.350. The van der Waals surface area contributed by atoms with E-state index >= 15 is 0 Å². The predicted octanol–water partition coefficient (Wildman–Crippen LogP) is -0.808. The molecule has 3 fully saturated rings. The standard InChI is InChI=1S/C6H13NO.C5H11NO.C4H9NO/c8-6-2-1-4-7-5-3-6;7-5-1-3-6-4-2-5;6-4-1-2-5-3-4/h6-8H,1-5H2;5-7H,1-4H2;4-6H,1-3H2. The molecule has 3 aliphatic heterocycles. The number of nitrogens with one attached hydrogen (secondary N) is 3. The predicted molar refractivity (Wildman–Crippen MR) is 84.3 cm³/mol. The first kappa shape index (κ1) is 18.8. The normalized spacial score (nSPS) is 30.4. The Balaban J connectivity index is 0.000000159. The molecule has 2 unspecified atom stereocenters. The van der Waals surface area contributed by atoms with Crippen molar-refractivity contribution in [2.75, 3.05) is 39.3 Å². The molecular formula is C15H33N3O3. The Morgan fingerprint density at radius 1 is 0.524 bits per heavy atom. The molecule has 3 aliphatic rings. The van der Waals surface area contributed by atoms with Gasteiger partial charge in [-0.3, -0.25) is 0 Å². The van der Waals surface area contributed by atoms with Gasteiger partial charge in [-0.05, 0) is 71.2 Å². The molecule has 126 valence electrons. The summed E-state index contributed by atoms with van der Waals surface area (Å²) in [5.41, 5.74) is 0. The first-order valence-electron chi connectivity index (χ1n) is 8.35. The molecule has 2 atom stereocenters. The van der Waals surface area contributed by atoms with Gasteiger partial charge in [-0.2, -0.15) is 0 Å². The van der Waals surface area contributed by atoms with Crippen molar-refractivity contribution in [1.82, 2.24) is 16.0 Å². The topological polar surface area (TPSA) is 96.8 Å². The first-order valence-corrected chi connectivity index (χ1v) is 8.35. The largest absolute Gasteiger partial charge is 0.393 e. The van der Waals surface area contributed by atoms with E-state index in [9.17, 15) is 0 Å². The molecule has 3 heterocycles. The van der Waals surface area contributed by atoms with Crippen LogP contribution < -0.4 is 16.0 Å². The van der Waals surface area contributed by atoms with Crippen molar-refractivity contribution < 1.29 is 15.3 Å². The van der Waals surface area contributed by atoms with Crippen LogP contribution in [0.4, 0.5) is 0 Å². The van der Waals surface area contributed by atoms with Crippen LogP contribution in [0, 0.1) is 0 Å². The highest BCUT2D eigenvalue weighted by Gasteiger charge is 2.08. The lowest BCUT2D eigenvalue weighted by molar-refractivity contribution is 0.137. The minimum Gasteiger partial charge on any atom is -0.393 e. The second kappa shape index (κ2) is 12.3. The van der Waals surface area contributed by atoms with Crippen LogP contribution in [-0.2, 0) is 0 Å². The van der Waals surface area contributed by atoms with Crippen molar-refractivity contribution in [1.29, 1.82) is 0 Å². The van der Waals surface area contributed by atoms with Gasteiger partial charge in [0.25, 0.3) is 0 Å². The fourth-order valence-electron chi connectivity index (χ4n) is 2.45. The van der Waals surface area contributed by atoms with Crippen molar-refractivity contribution in [2.24, 2.45) is 0 Å². The number of aliphatic hydroxyl groups excluding tert-OH is 3. The van der Waals surface area contributed by atoms with Gasteiger partial charge in [0.2, 0.25) is 0 Å². The summed E-state index contributed by atoms with van der Waals surface area (Å²) >= 11 is 0. The van der Waals surface area contributed by atoms with Gasteiger partial charge in [-0.1, -0.05) is 0 Å². The SMILES string of the molecule is OC1CCCNCC1.OC1CCNC1.OC1CCNCC1. The molecule has 0 spiro atoms. The highest BCUT2D eigenvalue weighted by Crippen LogP contribution is 2.02. The number of hydrogen-bond acceptors (Lipinski definition) is 6. The second-order valence-electron chi connectivity index (χ2n) is 5.96. The molecule has 0 aromatic heterocycles. The van der Waals surface area contributed by atoms with Crippen LogP contribution in [0.15, 0.2) is 0 Å². The van der Waals surface area contributed by atoms with E-state index in [4.69, 9.17) is 15.3 Å². The molecule has 0 aromatic carbocycles. The zero-order chi connectivity index (χ0) is 15.3. The van der Waals surface area contributed by atoms with Crippen molar-refractivity contribution >= 4 is 0 Å². The minimum atomic E-state index is -0.0648. The Morgan fingerprint density at radius 3 is 1.43 bits per heavy atom. The van der Waals surface area contributed by atoms with Gasteiger partial charge in [0.1, 0.15) is 0 Å². The monoisotopic (exact) mass is 303 g/mol. The molecular weight excluding hydrogens is 270 g/mol. The summed E-state index contributed by atoms with van der Waals surface area (Å²) in [5, 5.41) is 36.0. The summed E-state index contributed by atoms with van der Waals surface area (Å²) in [5.74, 6) is 0. The summed E-state index contributed by atoms with van der Waals surface area (Å²) in [6, 6.07) is 0. The van der Waals surface area contributed by atoms with Gasteiger partial charge in [-0.25, -0.2) is 0 Å². The summed E-state index contributed by atoms with van der Waals surface area (Å²) in [6.45, 7) is 5.82. The van der Waals surface area contributed by atoms with Crippen LogP contribution in [0.3, 0.4) is 0 Å². The van der Waals surface area contributed by atoms with Gasteiger partial charge in [0.05, 0.1) is 18.3 Å². The molecule has 3 saturated heterocycles. The second-order valence-corrected chi connectivity index (χ2v) is 5.96. The molecule has 0 aromatic rings. The van der Waals surface area contributed by atoms with Crippen molar-refractivity contribution in [3.8, 4) is 0 Å². The van der Waals surface area contributed by atoms with E-state index in [2.05, 4.69) is 16.0 Å². The van der Waals surface area contributed by atoms with E-state index in [1.165, 1.54) is 0 Å². The Labute approximate surface area is 128 Å². The lowest BCUT2D eigenvalue weighted by atomic mass is 10.1. The summed E-state index contributed by atoms with van der Waals surface area (Å²) in [6.07, 6.45) is 5.70. The van der Waals surface area contributed by atoms with E-state index in [1.807, 2.05) is 0 Å². The maximum Gasteiger partial charge on any atom is 0.0676 e. The summed E-state index contributed by atoms with van der Waals surface area (Å²) in [7, 11) is 0. The molecule has 0 aliphatic carbocycles. The molecule has 6 nitrogen and oxygen atoms in total. The number of piperidine rings is 1. The maximum absolute atomic E-state index is 9.05. The first-order chi connectivity index (χ1) is 10.2. The van der Waals surface area contributed by atoms with Gasteiger partial charge >= 0.3 is 0 Å². The number of rotatable bonds is 0. The van der Waals surface area contributed by atoms with Gasteiger partial charge in [-0.15, -0.1) is 0 Å². The molecule has 0 bridgehead atoms. The third-order valence-corrected chi connectivity index (χ3v) is 3.89. The lowest BCUT2D eigenvalue weighted by Crippen LogP contribution is -2.30. The van der Waals surface area contributed by atoms with Crippen LogP contribution in [0.5, 0.6) is 0 Å². The average molecular weight is 303 g/mol. The molecule has 21 heavy (non-hydrogen) atoms. The Hall–Kier alpha value is -0.240. The van der Waals surface area contributed by atoms with E-state index in [-0.39, 0.29) is 18.3 Å². The number of hydrogen-bond donors (Lipinski definition) is 6. The highest BCUT2D eigenvalue weighted by atomic mass is 16.3. The van der Waals surface area contributed by atoms with E-state index in [0.717, 1.165) is 77.8 Å². The third-order valence-electron chi connectivity index (χ3n) is 3.89.